The van der Waals surface area contributed by atoms with Gasteiger partial charge >= 0.3 is 0 Å². The van der Waals surface area contributed by atoms with Gasteiger partial charge in [-0.2, -0.15) is 8.42 Å². The lowest BCUT2D eigenvalue weighted by molar-refractivity contribution is 0.0290. The number of aliphatic hydroxyl groups is 3. The SMILES string of the molecule is NC(N)=N[C@@]1(C[C@H](CO)CCO)Oc2ccc(cc2)CC[C@@H](S(=O)(=O)O)[C@@H](C=C[C@@H](O)c2ccc(O)cc2)Cc2ccc1cc2. The third-order valence-electron chi connectivity index (χ3n) is 8.11. The minimum absolute atomic E-state index is 0.0502. The molecular weight excluding hydrogens is 598 g/mol. The van der Waals surface area contributed by atoms with Gasteiger partial charge in [0.1, 0.15) is 11.5 Å². The molecule has 0 radical (unpaired) electrons. The van der Waals surface area contributed by atoms with Crippen molar-refractivity contribution >= 4 is 16.1 Å². The molecule has 11 nitrogen and oxygen atoms in total. The van der Waals surface area contributed by atoms with Crippen LogP contribution in [0.5, 0.6) is 11.5 Å². The summed E-state index contributed by atoms with van der Waals surface area (Å²) in [5.41, 5.74) is 12.9. The van der Waals surface area contributed by atoms with Gasteiger partial charge in [-0.25, -0.2) is 4.99 Å². The summed E-state index contributed by atoms with van der Waals surface area (Å²) in [6, 6.07) is 20.1. The fourth-order valence-corrected chi connectivity index (χ4v) is 6.78. The second-order valence-corrected chi connectivity index (χ2v) is 13.0. The number of hydrogen-bond donors (Lipinski definition) is 7. The Kier molecular flexibility index (Phi) is 11.2. The van der Waals surface area contributed by atoms with Gasteiger partial charge in [0, 0.05) is 31.1 Å². The molecule has 3 aromatic rings. The number of nitrogens with two attached hydrogens (primary N) is 2. The van der Waals surface area contributed by atoms with Crippen LogP contribution in [0, 0.1) is 11.8 Å². The molecule has 0 unspecified atom stereocenters. The van der Waals surface area contributed by atoms with Crippen molar-refractivity contribution in [3.8, 4) is 11.5 Å². The number of ether oxygens (including phenoxy) is 1. The lowest BCUT2D eigenvalue weighted by Gasteiger charge is -2.34. The standard InChI is InChI=1S/C33H41N3O8S/c34-32(35)36-33(20-24(21-38)17-18-37)27-9-1-23(2-10-27)19-26(8-15-30(40)25-6-11-28(39)12-7-25)31(45(41,42)43)16-5-22-3-13-29(44-33)14-4-22/h1-4,6-15,24,26,30-31,37-40H,5,16-21H2,(H4,34,35,36)(H,41,42,43)/t24-,26+,30-,31-,33+/m1/s1. The Morgan fingerprint density at radius 3 is 2.22 bits per heavy atom. The number of aromatic hydroxyl groups is 1. The summed E-state index contributed by atoms with van der Waals surface area (Å²) in [7, 11) is -4.51. The third-order valence-corrected chi connectivity index (χ3v) is 9.46. The summed E-state index contributed by atoms with van der Waals surface area (Å²) in [5.74, 6) is -0.871. The van der Waals surface area contributed by atoms with Crippen LogP contribution in [-0.2, 0) is 28.7 Å². The van der Waals surface area contributed by atoms with Crippen LogP contribution in [0.1, 0.15) is 47.6 Å². The minimum atomic E-state index is -4.51. The van der Waals surface area contributed by atoms with Gasteiger partial charge in [-0.3, -0.25) is 4.55 Å². The summed E-state index contributed by atoms with van der Waals surface area (Å²) in [4.78, 5) is 4.51. The number of aryl methyl sites for hydroxylation is 1. The summed E-state index contributed by atoms with van der Waals surface area (Å²) in [6.07, 6.45) is 3.11. The van der Waals surface area contributed by atoms with Gasteiger partial charge in [-0.1, -0.05) is 60.7 Å². The van der Waals surface area contributed by atoms with Crippen LogP contribution < -0.4 is 16.2 Å². The van der Waals surface area contributed by atoms with Crippen LogP contribution in [-0.4, -0.2) is 57.8 Å². The van der Waals surface area contributed by atoms with Gasteiger partial charge < -0.3 is 36.6 Å². The van der Waals surface area contributed by atoms with Crippen molar-refractivity contribution in [3.05, 3.63) is 107 Å². The quantitative estimate of drug-likeness (QED) is 0.0746. The van der Waals surface area contributed by atoms with E-state index in [9.17, 15) is 33.4 Å². The first-order chi connectivity index (χ1) is 21.4. The number of benzene rings is 3. The number of guanidine groups is 1. The molecule has 3 aromatic carbocycles. The van der Waals surface area contributed by atoms with E-state index in [1.165, 1.54) is 18.2 Å². The van der Waals surface area contributed by atoms with Gasteiger partial charge in [0.05, 0.1) is 11.4 Å². The van der Waals surface area contributed by atoms with Crippen LogP contribution in [0.25, 0.3) is 0 Å². The maximum atomic E-state index is 12.8. The zero-order valence-corrected chi connectivity index (χ0v) is 25.6. The molecule has 0 aliphatic carbocycles. The van der Waals surface area contributed by atoms with Crippen molar-refractivity contribution in [3.63, 3.8) is 0 Å². The molecule has 5 atom stereocenters. The number of allylic oxidation sites excluding steroid dienone is 1. The Morgan fingerprint density at radius 1 is 1.00 bits per heavy atom. The van der Waals surface area contributed by atoms with Gasteiger partial charge in [0.2, 0.25) is 5.72 Å². The molecule has 0 saturated heterocycles. The Hall–Kier alpha value is -3.94. The molecular formula is C33H41N3O8S. The molecule has 4 heterocycles. The molecule has 4 aliphatic heterocycles. The molecule has 0 amide bonds. The van der Waals surface area contributed by atoms with Crippen molar-refractivity contribution in [1.29, 1.82) is 0 Å². The zero-order valence-electron chi connectivity index (χ0n) is 24.8. The molecule has 4 bridgehead atoms. The highest BCUT2D eigenvalue weighted by atomic mass is 32.2. The molecule has 45 heavy (non-hydrogen) atoms. The van der Waals surface area contributed by atoms with Gasteiger partial charge in [-0.05, 0) is 72.6 Å². The van der Waals surface area contributed by atoms with E-state index in [4.69, 9.17) is 16.2 Å². The lowest BCUT2D eigenvalue weighted by atomic mass is 9.88. The number of phenolic OH excluding ortho intramolecular Hbond substituents is 1. The normalized spacial score (nSPS) is 21.9. The minimum Gasteiger partial charge on any atom is -0.508 e. The van der Waals surface area contributed by atoms with Gasteiger partial charge in [0.25, 0.3) is 10.1 Å². The van der Waals surface area contributed by atoms with E-state index >= 15 is 0 Å². The zero-order chi connectivity index (χ0) is 32.6. The number of hydrogen-bond acceptors (Lipinski definition) is 8. The fraction of sp³-hybridized carbons (Fsp3) is 0.364. The summed E-state index contributed by atoms with van der Waals surface area (Å²) >= 11 is 0. The summed E-state index contributed by atoms with van der Waals surface area (Å²) < 4.78 is 42.4. The van der Waals surface area contributed by atoms with Crippen LogP contribution in [0.15, 0.2) is 89.9 Å². The Bertz CT molecular complexity index is 1560. The number of aliphatic imine (C=N–C) groups is 1. The highest BCUT2D eigenvalue weighted by Gasteiger charge is 2.38. The molecule has 0 spiro atoms. The van der Waals surface area contributed by atoms with Crippen molar-refractivity contribution < 1.29 is 38.1 Å². The van der Waals surface area contributed by atoms with Gasteiger partial charge in [0.15, 0.2) is 5.96 Å². The molecule has 0 aromatic heterocycles. The first kappa shape index (κ1) is 33.9. The molecule has 9 N–H and O–H groups in total. The van der Waals surface area contributed by atoms with E-state index in [2.05, 4.69) is 4.99 Å². The molecule has 242 valence electrons. The van der Waals surface area contributed by atoms with Crippen molar-refractivity contribution in [2.45, 2.75) is 49.2 Å². The largest absolute Gasteiger partial charge is 0.508 e. The first-order valence-electron chi connectivity index (χ1n) is 14.7. The molecule has 0 fully saturated rings. The smallest absolute Gasteiger partial charge is 0.268 e. The maximum absolute atomic E-state index is 12.8. The summed E-state index contributed by atoms with van der Waals surface area (Å²) in [6.45, 7) is -0.383. The van der Waals surface area contributed by atoms with Crippen molar-refractivity contribution in [2.75, 3.05) is 13.2 Å². The number of aliphatic hydroxyl groups excluding tert-OH is 3. The van der Waals surface area contributed by atoms with Gasteiger partial charge in [-0.15, -0.1) is 0 Å². The van der Waals surface area contributed by atoms with E-state index in [0.29, 0.717) is 29.7 Å². The van der Waals surface area contributed by atoms with Crippen molar-refractivity contribution in [1.82, 2.24) is 0 Å². The highest BCUT2D eigenvalue weighted by Crippen LogP contribution is 2.38. The molecule has 4 aliphatic rings. The Labute approximate surface area is 263 Å². The van der Waals surface area contributed by atoms with Crippen molar-refractivity contribution in [2.24, 2.45) is 28.3 Å². The second-order valence-electron chi connectivity index (χ2n) is 11.4. The van der Waals surface area contributed by atoms with E-state index in [0.717, 1.165) is 11.1 Å². The average Bonchev–Trinajstić information content (AvgIpc) is 3.00. The lowest BCUT2D eigenvalue weighted by Crippen LogP contribution is -2.39. The van der Waals surface area contributed by atoms with Crippen LogP contribution >= 0.6 is 0 Å². The monoisotopic (exact) mass is 639 g/mol. The molecule has 12 heteroatoms. The maximum Gasteiger partial charge on any atom is 0.268 e. The Morgan fingerprint density at radius 2 is 1.64 bits per heavy atom. The van der Waals surface area contributed by atoms with E-state index in [-0.39, 0.29) is 44.2 Å². The predicted molar refractivity (Wildman–Crippen MR) is 171 cm³/mol. The predicted octanol–water partition coefficient (Wildman–Crippen LogP) is 2.93. The summed E-state index contributed by atoms with van der Waals surface area (Å²) in [5, 5.41) is 38.9. The second kappa shape index (κ2) is 14.9. The van der Waals surface area contributed by atoms with E-state index < -0.39 is 39.0 Å². The topological polar surface area (TPSA) is 209 Å². The third kappa shape index (κ3) is 9.05. The van der Waals surface area contributed by atoms with Crippen LogP contribution in [0.4, 0.5) is 0 Å². The molecule has 7 rings (SSSR count). The first-order valence-corrected chi connectivity index (χ1v) is 16.2. The average molecular weight is 640 g/mol. The molecule has 0 saturated carbocycles. The number of rotatable bonds is 10. The number of nitrogens with zero attached hydrogens (tertiary/aromatic N) is 1. The fourth-order valence-electron chi connectivity index (χ4n) is 5.73. The number of phenols is 1. The van der Waals surface area contributed by atoms with E-state index in [1.807, 2.05) is 0 Å². The Balaban J connectivity index is 1.81. The highest BCUT2D eigenvalue weighted by molar-refractivity contribution is 7.86. The van der Waals surface area contributed by atoms with Crippen LogP contribution in [0.2, 0.25) is 0 Å². The van der Waals surface area contributed by atoms with Crippen LogP contribution in [0.3, 0.4) is 0 Å². The van der Waals surface area contributed by atoms with E-state index in [1.54, 1.807) is 66.7 Å².